The van der Waals surface area contributed by atoms with E-state index < -0.39 is 22.4 Å². The summed E-state index contributed by atoms with van der Waals surface area (Å²) >= 11 is -1.88. The highest BCUT2D eigenvalue weighted by molar-refractivity contribution is 7.91. The van der Waals surface area contributed by atoms with Crippen molar-refractivity contribution in [2.45, 2.75) is 50.1 Å². The molecule has 6 aliphatic rings. The van der Waals surface area contributed by atoms with Crippen LogP contribution >= 0.6 is 0 Å². The summed E-state index contributed by atoms with van der Waals surface area (Å²) in [5, 5.41) is 0. The Morgan fingerprint density at radius 2 is 0.714 bits per heavy atom. The highest BCUT2D eigenvalue weighted by Gasteiger charge is 2.46. The Bertz CT molecular complexity index is 402. The number of hydrogen-bond acceptors (Lipinski definition) is 6. The molecule has 2 aliphatic carbocycles. The normalized spacial score (nSPS) is 47.8. The second-order valence-corrected chi connectivity index (χ2v) is 11.7. The zero-order chi connectivity index (χ0) is 20.3. The lowest BCUT2D eigenvalue weighted by Crippen LogP contribution is -2.49. The van der Waals surface area contributed by atoms with Gasteiger partial charge in [0, 0.05) is 52.1 Å². The fourth-order valence-corrected chi connectivity index (χ4v) is 9.10. The third kappa shape index (κ3) is 5.38. The van der Waals surface area contributed by atoms with Crippen molar-refractivity contribution in [2.24, 2.45) is 23.7 Å². The van der Waals surface area contributed by atoms with Crippen LogP contribution in [-0.4, -0.2) is 85.0 Å². The van der Waals surface area contributed by atoms with E-state index in [9.17, 15) is 9.11 Å². The smallest absolute Gasteiger partial charge is 0.111 e. The maximum Gasteiger partial charge on any atom is 0.111 e. The first-order chi connectivity index (χ1) is 13.5. The van der Waals surface area contributed by atoms with Crippen molar-refractivity contribution in [1.29, 1.82) is 0 Å². The van der Waals surface area contributed by atoms with E-state index in [0.29, 0.717) is 23.0 Å². The minimum Gasteiger partial charge on any atom is -0.616 e. The molecular weight excluding hydrogens is 400 g/mol. The van der Waals surface area contributed by atoms with Crippen LogP contribution in [0.25, 0.3) is 0 Å². The van der Waals surface area contributed by atoms with E-state index >= 15 is 0 Å². The molecule has 164 valence electrons. The van der Waals surface area contributed by atoms with Crippen LogP contribution in [0.4, 0.5) is 0 Å². The van der Waals surface area contributed by atoms with E-state index in [1.54, 1.807) is 28.4 Å². The van der Waals surface area contributed by atoms with E-state index in [0.717, 1.165) is 25.7 Å². The standard InChI is InChI=1S/C20H36O6S2/c1-23-17-5-14-10-28(22)12-16-8-19(25-3)15(7-20(16)26-4)11-27(21)9-13(17)6-18(14)24-2/h13-20H,5-12H2,1-4H3/t13-,14-,15-,16-,17-,18?,19-,20?,27?,28?/m0/s1. The molecule has 4 saturated heterocycles. The van der Waals surface area contributed by atoms with Crippen molar-refractivity contribution in [3.63, 3.8) is 0 Å². The van der Waals surface area contributed by atoms with E-state index in [1.807, 2.05) is 0 Å². The Kier molecular flexibility index (Phi) is 8.81. The maximum absolute atomic E-state index is 13.1. The molecule has 0 N–H and O–H groups in total. The van der Waals surface area contributed by atoms with Crippen LogP contribution < -0.4 is 0 Å². The quantitative estimate of drug-likeness (QED) is 0.623. The second-order valence-electron chi connectivity index (χ2n) is 8.63. The molecule has 8 heteroatoms. The molecule has 0 aromatic heterocycles. The molecule has 2 saturated carbocycles. The maximum atomic E-state index is 13.1. The molecule has 6 nitrogen and oxygen atoms in total. The largest absolute Gasteiger partial charge is 0.616 e. The second kappa shape index (κ2) is 10.7. The predicted octanol–water partition coefficient (Wildman–Crippen LogP) is 1.61. The summed E-state index contributed by atoms with van der Waals surface area (Å²) in [4.78, 5) is 0. The molecule has 0 radical (unpaired) electrons. The fraction of sp³-hybridized carbons (Fsp3) is 1.00. The lowest BCUT2D eigenvalue weighted by atomic mass is 9.79. The topological polar surface area (TPSA) is 83.0 Å². The molecule has 8 atom stereocenters. The van der Waals surface area contributed by atoms with E-state index in [1.165, 1.54) is 0 Å². The first-order valence-corrected chi connectivity index (χ1v) is 13.3. The third-order valence-electron chi connectivity index (χ3n) is 7.05. The van der Waals surface area contributed by atoms with Gasteiger partial charge < -0.3 is 28.1 Å². The predicted molar refractivity (Wildman–Crippen MR) is 111 cm³/mol. The fourth-order valence-electron chi connectivity index (χ4n) is 5.52. The van der Waals surface area contributed by atoms with Crippen LogP contribution in [0.3, 0.4) is 0 Å². The van der Waals surface area contributed by atoms with Crippen LogP contribution in [0, 0.1) is 23.7 Å². The molecular formula is C20H36O6S2. The zero-order valence-electron chi connectivity index (χ0n) is 17.5. The Balaban J connectivity index is 1.84. The molecule has 2 unspecified atom stereocenters. The Hall–Kier alpha value is 0.460. The monoisotopic (exact) mass is 436 g/mol. The van der Waals surface area contributed by atoms with E-state index in [2.05, 4.69) is 0 Å². The minimum absolute atomic E-state index is 0.0578. The molecule has 6 fully saturated rings. The van der Waals surface area contributed by atoms with Crippen molar-refractivity contribution >= 4 is 22.4 Å². The number of hydrogen-bond donors (Lipinski definition) is 0. The summed E-state index contributed by atoms with van der Waals surface area (Å²) < 4.78 is 49.2. The Morgan fingerprint density at radius 3 is 0.893 bits per heavy atom. The molecule has 4 bridgehead atoms. The highest BCUT2D eigenvalue weighted by Crippen LogP contribution is 2.39. The molecule has 28 heavy (non-hydrogen) atoms. The highest BCUT2D eigenvalue weighted by atomic mass is 32.2. The molecule has 4 heterocycles. The van der Waals surface area contributed by atoms with Crippen molar-refractivity contribution < 1.29 is 28.1 Å². The van der Waals surface area contributed by atoms with Gasteiger partial charge in [-0.25, -0.2) is 0 Å². The van der Waals surface area contributed by atoms with Crippen LogP contribution in [0.15, 0.2) is 0 Å². The summed E-state index contributed by atoms with van der Waals surface area (Å²) in [5.41, 5.74) is 0. The molecule has 0 spiro atoms. The number of rotatable bonds is 4. The van der Waals surface area contributed by atoms with Crippen molar-refractivity contribution in [1.82, 2.24) is 0 Å². The first kappa shape index (κ1) is 23.1. The van der Waals surface area contributed by atoms with Crippen LogP contribution in [0.5, 0.6) is 0 Å². The molecule has 4 aliphatic heterocycles. The van der Waals surface area contributed by atoms with Gasteiger partial charge in [0.05, 0.1) is 24.4 Å². The van der Waals surface area contributed by atoms with Gasteiger partial charge in [-0.1, -0.05) is 22.4 Å². The first-order valence-electron chi connectivity index (χ1n) is 10.3. The minimum atomic E-state index is -0.938. The van der Waals surface area contributed by atoms with Gasteiger partial charge in [-0.05, 0) is 25.7 Å². The zero-order valence-corrected chi connectivity index (χ0v) is 19.2. The molecule has 0 aromatic carbocycles. The average molecular weight is 437 g/mol. The Morgan fingerprint density at radius 1 is 0.500 bits per heavy atom. The average Bonchev–Trinajstić information content (AvgIpc) is 2.68. The van der Waals surface area contributed by atoms with Gasteiger partial charge in [0.2, 0.25) is 0 Å². The van der Waals surface area contributed by atoms with Gasteiger partial charge in [-0.2, -0.15) is 0 Å². The lowest BCUT2D eigenvalue weighted by Gasteiger charge is -2.43. The van der Waals surface area contributed by atoms with Gasteiger partial charge in [0.25, 0.3) is 0 Å². The van der Waals surface area contributed by atoms with Gasteiger partial charge in [0.15, 0.2) is 0 Å². The van der Waals surface area contributed by atoms with E-state index in [4.69, 9.17) is 18.9 Å². The number of methoxy groups -OCH3 is 4. The summed E-state index contributed by atoms with van der Waals surface area (Å²) in [6, 6.07) is 0. The van der Waals surface area contributed by atoms with Gasteiger partial charge in [-0.15, -0.1) is 0 Å². The summed E-state index contributed by atoms with van der Waals surface area (Å²) in [5.74, 6) is 3.34. The van der Waals surface area contributed by atoms with Gasteiger partial charge in [-0.3, -0.25) is 0 Å². The number of ether oxygens (including phenoxy) is 4. The SMILES string of the molecule is COC1C[C@H]2C[S+]([O-])C[C@@H]3CC(OC)[C@@H](C[C@@H]3OC)C[S+]([O-])C[C@@H]1C[C@@H]2OC. The van der Waals surface area contributed by atoms with Gasteiger partial charge in [0.1, 0.15) is 23.0 Å². The summed E-state index contributed by atoms with van der Waals surface area (Å²) in [7, 11) is 6.93. The van der Waals surface area contributed by atoms with E-state index in [-0.39, 0.29) is 48.1 Å². The van der Waals surface area contributed by atoms with Crippen LogP contribution in [-0.2, 0) is 41.3 Å². The molecule has 6 rings (SSSR count). The van der Waals surface area contributed by atoms with Crippen LogP contribution in [0.2, 0.25) is 0 Å². The van der Waals surface area contributed by atoms with Crippen molar-refractivity contribution in [3.05, 3.63) is 0 Å². The molecule has 0 amide bonds. The van der Waals surface area contributed by atoms with Gasteiger partial charge >= 0.3 is 0 Å². The summed E-state index contributed by atoms with van der Waals surface area (Å²) in [6.07, 6.45) is 3.53. The molecule has 0 aromatic rings. The van der Waals surface area contributed by atoms with Crippen molar-refractivity contribution in [3.8, 4) is 0 Å². The Labute approximate surface area is 175 Å². The third-order valence-corrected chi connectivity index (χ3v) is 10.3. The van der Waals surface area contributed by atoms with Crippen LogP contribution in [0.1, 0.15) is 25.7 Å². The summed E-state index contributed by atoms with van der Waals surface area (Å²) in [6.45, 7) is 0. The van der Waals surface area contributed by atoms with Crippen molar-refractivity contribution in [2.75, 3.05) is 51.5 Å². The lowest BCUT2D eigenvalue weighted by molar-refractivity contribution is -0.0593.